The highest BCUT2D eigenvalue weighted by Crippen LogP contribution is 2.21. The number of halogens is 1. The van der Waals surface area contributed by atoms with Gasteiger partial charge in [0.15, 0.2) is 5.78 Å². The van der Waals surface area contributed by atoms with E-state index in [-0.39, 0.29) is 11.8 Å². The molecule has 2 atom stereocenters. The zero-order valence-corrected chi connectivity index (χ0v) is 10.8. The van der Waals surface area contributed by atoms with Crippen LogP contribution in [0.2, 0.25) is 4.34 Å². The first-order valence-electron chi connectivity index (χ1n) is 5.09. The van der Waals surface area contributed by atoms with Gasteiger partial charge >= 0.3 is 0 Å². The number of nitrogens with one attached hydrogen (secondary N) is 1. The molecule has 2 unspecified atom stereocenters. The number of carbonyl (C=O) groups is 1. The molecule has 1 aromatic heterocycles. The lowest BCUT2D eigenvalue weighted by Gasteiger charge is -2.17. The van der Waals surface area contributed by atoms with Crippen LogP contribution in [0.15, 0.2) is 11.4 Å². The van der Waals surface area contributed by atoms with Crippen molar-refractivity contribution in [2.75, 3.05) is 0 Å². The number of Topliss-reactive ketones (excluding diaryl/α,β-unsaturated/α-hetero) is 1. The molecule has 0 aromatic carbocycles. The second kappa shape index (κ2) is 5.64. The topological polar surface area (TPSA) is 29.1 Å². The summed E-state index contributed by atoms with van der Waals surface area (Å²) in [4.78, 5) is 11.9. The smallest absolute Gasteiger partial charge is 0.180 e. The van der Waals surface area contributed by atoms with Crippen molar-refractivity contribution in [3.8, 4) is 0 Å². The average Bonchev–Trinajstić information content (AvgIpc) is 2.63. The molecule has 0 radical (unpaired) electrons. The van der Waals surface area contributed by atoms with Crippen LogP contribution < -0.4 is 5.32 Å². The summed E-state index contributed by atoms with van der Waals surface area (Å²) in [5.74, 6) is 0.110. The largest absolute Gasteiger partial charge is 0.305 e. The summed E-state index contributed by atoms with van der Waals surface area (Å²) in [6, 6.07) is 1.94. The Morgan fingerprint density at radius 3 is 2.73 bits per heavy atom. The standard InChI is InChI=1S/C11H16ClNOS/c1-4-7(2)13-8(3)11(14)9-5-10(12)15-6-9/h5-8,13H,4H2,1-3H3. The van der Waals surface area contributed by atoms with Crippen LogP contribution in [0.4, 0.5) is 0 Å². The zero-order chi connectivity index (χ0) is 11.4. The van der Waals surface area contributed by atoms with Gasteiger partial charge in [0, 0.05) is 17.0 Å². The number of carbonyl (C=O) groups excluding carboxylic acids is 1. The molecule has 0 aliphatic heterocycles. The summed E-state index contributed by atoms with van der Waals surface area (Å²) in [5, 5.41) is 5.05. The van der Waals surface area contributed by atoms with Gasteiger partial charge in [-0.2, -0.15) is 0 Å². The van der Waals surface area contributed by atoms with Crippen molar-refractivity contribution in [2.45, 2.75) is 39.3 Å². The van der Waals surface area contributed by atoms with Gasteiger partial charge in [0.1, 0.15) is 0 Å². The monoisotopic (exact) mass is 245 g/mol. The van der Waals surface area contributed by atoms with Gasteiger partial charge in [0.05, 0.1) is 10.4 Å². The highest BCUT2D eigenvalue weighted by atomic mass is 35.5. The highest BCUT2D eigenvalue weighted by molar-refractivity contribution is 7.14. The highest BCUT2D eigenvalue weighted by Gasteiger charge is 2.17. The lowest BCUT2D eigenvalue weighted by Crippen LogP contribution is -2.39. The fourth-order valence-corrected chi connectivity index (χ4v) is 2.18. The van der Waals surface area contributed by atoms with E-state index in [0.717, 1.165) is 6.42 Å². The van der Waals surface area contributed by atoms with Crippen LogP contribution in [-0.4, -0.2) is 17.9 Å². The number of hydrogen-bond acceptors (Lipinski definition) is 3. The van der Waals surface area contributed by atoms with E-state index < -0.39 is 0 Å². The normalized spacial score (nSPS) is 14.9. The molecule has 0 aliphatic carbocycles. The molecule has 0 spiro atoms. The summed E-state index contributed by atoms with van der Waals surface area (Å²) in [6.45, 7) is 6.06. The minimum atomic E-state index is -0.148. The molecule has 15 heavy (non-hydrogen) atoms. The SMILES string of the molecule is CCC(C)NC(C)C(=O)c1csc(Cl)c1. The molecule has 0 fully saturated rings. The van der Waals surface area contributed by atoms with Crippen molar-refractivity contribution >= 4 is 28.7 Å². The molecule has 1 aromatic rings. The fraction of sp³-hybridized carbons (Fsp3) is 0.545. The summed E-state index contributed by atoms with van der Waals surface area (Å²) >= 11 is 7.18. The molecule has 0 bridgehead atoms. The second-order valence-electron chi connectivity index (χ2n) is 3.70. The summed E-state index contributed by atoms with van der Waals surface area (Å²) in [7, 11) is 0. The van der Waals surface area contributed by atoms with E-state index in [9.17, 15) is 4.79 Å². The van der Waals surface area contributed by atoms with Gasteiger partial charge in [-0.3, -0.25) is 4.79 Å². The molecule has 84 valence electrons. The molecule has 1 heterocycles. The van der Waals surface area contributed by atoms with Gasteiger partial charge in [-0.05, 0) is 26.3 Å². The first-order chi connectivity index (χ1) is 7.04. The van der Waals surface area contributed by atoms with Crippen LogP contribution >= 0.6 is 22.9 Å². The van der Waals surface area contributed by atoms with Gasteiger partial charge in [0.2, 0.25) is 0 Å². The lowest BCUT2D eigenvalue weighted by molar-refractivity contribution is 0.0945. The van der Waals surface area contributed by atoms with Crippen LogP contribution in [0.25, 0.3) is 0 Å². The van der Waals surface area contributed by atoms with E-state index in [1.807, 2.05) is 6.92 Å². The fourth-order valence-electron chi connectivity index (χ4n) is 1.31. The van der Waals surface area contributed by atoms with Crippen molar-refractivity contribution in [3.05, 3.63) is 21.3 Å². The van der Waals surface area contributed by atoms with E-state index in [0.29, 0.717) is 15.9 Å². The van der Waals surface area contributed by atoms with Gasteiger partial charge in [0.25, 0.3) is 0 Å². The van der Waals surface area contributed by atoms with Gasteiger partial charge < -0.3 is 5.32 Å². The Balaban J connectivity index is 2.60. The molecule has 2 nitrogen and oxygen atoms in total. The van der Waals surface area contributed by atoms with Crippen LogP contribution in [0, 0.1) is 0 Å². The third kappa shape index (κ3) is 3.59. The Morgan fingerprint density at radius 1 is 1.60 bits per heavy atom. The Bertz CT molecular complexity index is 337. The van der Waals surface area contributed by atoms with Crippen molar-refractivity contribution in [2.24, 2.45) is 0 Å². The summed E-state index contributed by atoms with van der Waals surface area (Å²) in [5.41, 5.74) is 0.702. The van der Waals surface area contributed by atoms with Crippen LogP contribution in [-0.2, 0) is 0 Å². The second-order valence-corrected chi connectivity index (χ2v) is 5.24. The predicted octanol–water partition coefficient (Wildman–Crippen LogP) is 3.36. The third-order valence-electron chi connectivity index (χ3n) is 2.39. The van der Waals surface area contributed by atoms with E-state index >= 15 is 0 Å². The number of hydrogen-bond donors (Lipinski definition) is 1. The average molecular weight is 246 g/mol. The Kier molecular flexibility index (Phi) is 4.77. The van der Waals surface area contributed by atoms with E-state index in [2.05, 4.69) is 19.2 Å². The Morgan fingerprint density at radius 2 is 2.27 bits per heavy atom. The molecule has 4 heteroatoms. The number of ketones is 1. The van der Waals surface area contributed by atoms with Crippen molar-refractivity contribution in [3.63, 3.8) is 0 Å². The van der Waals surface area contributed by atoms with Crippen molar-refractivity contribution < 1.29 is 4.79 Å². The first-order valence-corrected chi connectivity index (χ1v) is 6.34. The lowest BCUT2D eigenvalue weighted by atomic mass is 10.1. The molecule has 0 aliphatic rings. The van der Waals surface area contributed by atoms with Gasteiger partial charge in [-0.25, -0.2) is 0 Å². The number of rotatable bonds is 5. The maximum atomic E-state index is 11.9. The summed E-state index contributed by atoms with van der Waals surface area (Å²) in [6.07, 6.45) is 1.02. The molecular weight excluding hydrogens is 230 g/mol. The van der Waals surface area contributed by atoms with Crippen LogP contribution in [0.1, 0.15) is 37.6 Å². The molecule has 1 N–H and O–H groups in total. The van der Waals surface area contributed by atoms with E-state index in [1.54, 1.807) is 11.4 Å². The predicted molar refractivity (Wildman–Crippen MR) is 66.0 cm³/mol. The molecule has 1 rings (SSSR count). The van der Waals surface area contributed by atoms with Gasteiger partial charge in [-0.1, -0.05) is 18.5 Å². The zero-order valence-electron chi connectivity index (χ0n) is 9.21. The van der Waals surface area contributed by atoms with Gasteiger partial charge in [-0.15, -0.1) is 11.3 Å². The first kappa shape index (κ1) is 12.7. The summed E-state index contributed by atoms with van der Waals surface area (Å²) < 4.78 is 0.661. The third-order valence-corrected chi connectivity index (χ3v) is 3.48. The van der Waals surface area contributed by atoms with Crippen LogP contribution in [0.5, 0.6) is 0 Å². The van der Waals surface area contributed by atoms with Crippen molar-refractivity contribution in [1.29, 1.82) is 0 Å². The van der Waals surface area contributed by atoms with E-state index in [4.69, 9.17) is 11.6 Å². The Labute approximate surface area is 99.6 Å². The molecule has 0 amide bonds. The van der Waals surface area contributed by atoms with Crippen LogP contribution in [0.3, 0.4) is 0 Å². The molecular formula is C11H16ClNOS. The molecule has 0 saturated heterocycles. The quantitative estimate of drug-likeness (QED) is 0.806. The Hall–Kier alpha value is -0.380. The maximum Gasteiger partial charge on any atom is 0.180 e. The minimum Gasteiger partial charge on any atom is -0.305 e. The molecule has 0 saturated carbocycles. The minimum absolute atomic E-state index is 0.110. The van der Waals surface area contributed by atoms with Crippen molar-refractivity contribution in [1.82, 2.24) is 5.32 Å². The number of thiophene rings is 1. The van der Waals surface area contributed by atoms with E-state index in [1.165, 1.54) is 11.3 Å². The maximum absolute atomic E-state index is 11.9.